The number of nitrogens with zero attached hydrogens (tertiary/aromatic N) is 1. The zero-order valence-corrected chi connectivity index (χ0v) is 17.3. The number of halogens is 1. The number of nitrogens with one attached hydrogen (secondary N) is 2. The monoisotopic (exact) mass is 431 g/mol. The van der Waals surface area contributed by atoms with Gasteiger partial charge in [0.15, 0.2) is 0 Å². The van der Waals surface area contributed by atoms with E-state index in [0.717, 1.165) is 16.5 Å². The van der Waals surface area contributed by atoms with Crippen molar-refractivity contribution in [1.82, 2.24) is 9.88 Å². The van der Waals surface area contributed by atoms with E-state index in [1.165, 1.54) is 18.2 Å². The molecule has 2 amide bonds. The third-order valence-corrected chi connectivity index (χ3v) is 6.90. The van der Waals surface area contributed by atoms with E-state index in [9.17, 15) is 14.0 Å². The fraction of sp³-hybridized carbons (Fsp3) is 0.280. The number of para-hydroxylation sites is 1. The normalized spacial score (nSPS) is 28.0. The molecule has 2 bridgehead atoms. The lowest BCUT2D eigenvalue weighted by Gasteiger charge is -2.23. The molecule has 2 N–H and O–H groups in total. The van der Waals surface area contributed by atoms with Crippen LogP contribution in [-0.4, -0.2) is 46.5 Å². The summed E-state index contributed by atoms with van der Waals surface area (Å²) in [5.74, 6) is -1.99. The van der Waals surface area contributed by atoms with Crippen molar-refractivity contribution in [1.29, 1.82) is 0 Å². The third-order valence-electron chi connectivity index (χ3n) is 6.90. The number of fused-ring (bicyclic) bond motifs is 2. The number of H-pyrrole nitrogens is 1. The predicted molar refractivity (Wildman–Crippen MR) is 117 cm³/mol. The number of carbonyl (C=O) groups excluding carboxylic acids is 2. The Kier molecular flexibility index (Phi) is 4.23. The molecule has 4 heterocycles. The second kappa shape index (κ2) is 7.03. The van der Waals surface area contributed by atoms with Gasteiger partial charge in [-0.05, 0) is 36.2 Å². The molecule has 0 saturated carbocycles. The summed E-state index contributed by atoms with van der Waals surface area (Å²) < 4.78 is 19.7. The lowest BCUT2D eigenvalue weighted by molar-refractivity contribution is -0.135. The van der Waals surface area contributed by atoms with E-state index in [4.69, 9.17) is 4.74 Å². The molecule has 0 aliphatic carbocycles. The van der Waals surface area contributed by atoms with Gasteiger partial charge in [-0.2, -0.15) is 0 Å². The zero-order chi connectivity index (χ0) is 21.9. The second-order valence-corrected chi connectivity index (χ2v) is 8.77. The van der Waals surface area contributed by atoms with E-state index >= 15 is 0 Å². The zero-order valence-electron chi connectivity index (χ0n) is 17.3. The van der Waals surface area contributed by atoms with Crippen molar-refractivity contribution in [3.05, 3.63) is 78.3 Å². The molecule has 0 unspecified atom stereocenters. The summed E-state index contributed by atoms with van der Waals surface area (Å²) in [7, 11) is 0. The molecule has 2 fully saturated rings. The molecule has 2 aromatic carbocycles. The van der Waals surface area contributed by atoms with Crippen LogP contribution in [0, 0.1) is 17.7 Å². The first-order valence-electron chi connectivity index (χ1n) is 10.8. The minimum absolute atomic E-state index is 0.0592. The number of hydrogen-bond donors (Lipinski definition) is 2. The fourth-order valence-corrected chi connectivity index (χ4v) is 5.45. The molecule has 2 saturated heterocycles. The topological polar surface area (TPSA) is 74.4 Å². The highest BCUT2D eigenvalue weighted by atomic mass is 19.1. The Morgan fingerprint density at radius 3 is 3.00 bits per heavy atom. The molecule has 162 valence electrons. The van der Waals surface area contributed by atoms with Crippen molar-refractivity contribution in [2.24, 2.45) is 11.8 Å². The number of anilines is 1. The van der Waals surface area contributed by atoms with Gasteiger partial charge in [0.2, 0.25) is 11.8 Å². The van der Waals surface area contributed by atoms with Gasteiger partial charge in [-0.15, -0.1) is 0 Å². The van der Waals surface area contributed by atoms with Crippen molar-refractivity contribution in [3.63, 3.8) is 0 Å². The van der Waals surface area contributed by atoms with E-state index in [-0.39, 0.29) is 11.8 Å². The standard InChI is InChI=1S/C25H22FN3O3/c26-16-4-3-5-17(12-16)28-23(30)21-20-8-10-25(32-20)14-29(24(31)22(21)25)11-9-15-13-27-19-7-2-1-6-18(15)19/h1-8,10,12-13,20-22,27H,9,11,14H2,(H,28,30)/t20-,21-,22-,25-/m0/s1. The van der Waals surface area contributed by atoms with Crippen LogP contribution in [-0.2, 0) is 20.7 Å². The smallest absolute Gasteiger partial charge is 0.231 e. The van der Waals surface area contributed by atoms with Gasteiger partial charge in [0.25, 0.3) is 0 Å². The molecule has 4 atom stereocenters. The molecule has 0 radical (unpaired) electrons. The van der Waals surface area contributed by atoms with Gasteiger partial charge >= 0.3 is 0 Å². The van der Waals surface area contributed by atoms with Gasteiger partial charge in [-0.1, -0.05) is 36.4 Å². The first-order chi connectivity index (χ1) is 15.5. The van der Waals surface area contributed by atoms with Crippen LogP contribution in [0.3, 0.4) is 0 Å². The Balaban J connectivity index is 1.20. The van der Waals surface area contributed by atoms with Crippen LogP contribution in [0.25, 0.3) is 10.9 Å². The molecular formula is C25H22FN3O3. The lowest BCUT2D eigenvalue weighted by atomic mass is 9.77. The maximum Gasteiger partial charge on any atom is 0.231 e. The van der Waals surface area contributed by atoms with Crippen LogP contribution >= 0.6 is 0 Å². The van der Waals surface area contributed by atoms with Gasteiger partial charge < -0.3 is 19.9 Å². The number of amides is 2. The number of likely N-dealkylation sites (tertiary alicyclic amines) is 1. The van der Waals surface area contributed by atoms with Gasteiger partial charge in [-0.25, -0.2) is 4.39 Å². The maximum atomic E-state index is 13.5. The molecule has 3 aromatic rings. The van der Waals surface area contributed by atoms with E-state index < -0.39 is 29.4 Å². The first kappa shape index (κ1) is 19.3. The minimum Gasteiger partial charge on any atom is -0.361 e. The number of carbonyl (C=O) groups is 2. The average molecular weight is 431 g/mol. The summed E-state index contributed by atoms with van der Waals surface area (Å²) in [6.07, 6.45) is 6.09. The fourth-order valence-electron chi connectivity index (χ4n) is 5.45. The Bertz CT molecular complexity index is 1270. The quantitative estimate of drug-likeness (QED) is 0.609. The third kappa shape index (κ3) is 2.88. The molecule has 1 spiro atoms. The summed E-state index contributed by atoms with van der Waals surface area (Å²) >= 11 is 0. The molecule has 1 aromatic heterocycles. The van der Waals surface area contributed by atoms with Crippen LogP contribution < -0.4 is 5.32 Å². The Morgan fingerprint density at radius 1 is 1.25 bits per heavy atom. The highest BCUT2D eigenvalue weighted by Crippen LogP contribution is 2.52. The molecule has 6 rings (SSSR count). The number of benzene rings is 2. The van der Waals surface area contributed by atoms with E-state index in [1.807, 2.05) is 36.5 Å². The Morgan fingerprint density at radius 2 is 2.12 bits per heavy atom. The van der Waals surface area contributed by atoms with E-state index in [0.29, 0.717) is 25.2 Å². The molecular weight excluding hydrogens is 409 g/mol. The van der Waals surface area contributed by atoms with Crippen LogP contribution in [0.2, 0.25) is 0 Å². The molecule has 3 aliphatic heterocycles. The van der Waals surface area contributed by atoms with E-state index in [1.54, 1.807) is 11.0 Å². The summed E-state index contributed by atoms with van der Waals surface area (Å²) in [6.45, 7) is 0.995. The van der Waals surface area contributed by atoms with Gasteiger partial charge in [0, 0.05) is 29.3 Å². The van der Waals surface area contributed by atoms with Crippen LogP contribution in [0.1, 0.15) is 5.56 Å². The van der Waals surface area contributed by atoms with Gasteiger partial charge in [-0.3, -0.25) is 9.59 Å². The van der Waals surface area contributed by atoms with Gasteiger partial charge in [0.1, 0.15) is 11.4 Å². The highest BCUT2D eigenvalue weighted by Gasteiger charge is 2.66. The van der Waals surface area contributed by atoms with Gasteiger partial charge in [0.05, 0.1) is 24.5 Å². The number of hydrogen-bond acceptors (Lipinski definition) is 3. The predicted octanol–water partition coefficient (Wildman–Crippen LogP) is 3.27. The van der Waals surface area contributed by atoms with Crippen molar-refractivity contribution in [2.45, 2.75) is 18.1 Å². The largest absolute Gasteiger partial charge is 0.361 e. The number of aromatic nitrogens is 1. The second-order valence-electron chi connectivity index (χ2n) is 8.77. The lowest BCUT2D eigenvalue weighted by Crippen LogP contribution is -2.41. The first-order valence-corrected chi connectivity index (χ1v) is 10.8. The average Bonchev–Trinajstić information content (AvgIpc) is 3.52. The number of aromatic amines is 1. The van der Waals surface area contributed by atoms with E-state index in [2.05, 4.69) is 16.4 Å². The van der Waals surface area contributed by atoms with Crippen molar-refractivity contribution in [3.8, 4) is 0 Å². The molecule has 6 nitrogen and oxygen atoms in total. The van der Waals surface area contributed by atoms with Crippen molar-refractivity contribution in [2.75, 3.05) is 18.4 Å². The Hall–Kier alpha value is -3.45. The van der Waals surface area contributed by atoms with Crippen LogP contribution in [0.4, 0.5) is 10.1 Å². The summed E-state index contributed by atoms with van der Waals surface area (Å²) in [5.41, 5.74) is 1.84. The SMILES string of the molecule is O=C(Nc1cccc(F)c1)[C@H]1[C@@H]2C=C[C@@]3(CN(CCc4c[nH]c5ccccc45)C(=O)[C@H]13)O2. The number of rotatable bonds is 5. The highest BCUT2D eigenvalue weighted by molar-refractivity contribution is 5.99. The van der Waals surface area contributed by atoms with Crippen LogP contribution in [0.15, 0.2) is 66.9 Å². The Labute approximate surface area is 184 Å². The molecule has 7 heteroatoms. The summed E-state index contributed by atoms with van der Waals surface area (Å²) in [6, 6.07) is 13.8. The van der Waals surface area contributed by atoms with Crippen molar-refractivity contribution >= 4 is 28.4 Å². The molecule has 3 aliphatic rings. The molecule has 32 heavy (non-hydrogen) atoms. The summed E-state index contributed by atoms with van der Waals surface area (Å²) in [5, 5.41) is 3.92. The van der Waals surface area contributed by atoms with Crippen LogP contribution in [0.5, 0.6) is 0 Å². The number of ether oxygens (including phenoxy) is 1. The summed E-state index contributed by atoms with van der Waals surface area (Å²) in [4.78, 5) is 31.5. The van der Waals surface area contributed by atoms with Crippen molar-refractivity contribution < 1.29 is 18.7 Å². The maximum absolute atomic E-state index is 13.5. The minimum atomic E-state index is -0.758.